The fourth-order valence-corrected chi connectivity index (χ4v) is 3.03. The molecule has 0 saturated heterocycles. The molecule has 0 radical (unpaired) electrons. The van der Waals surface area contributed by atoms with Crippen LogP contribution in [0, 0.1) is 3.57 Å². The number of halogens is 3. The van der Waals surface area contributed by atoms with Crippen molar-refractivity contribution in [2.75, 3.05) is 7.11 Å². The largest absolute Gasteiger partial charge is 0.495 e. The molecule has 0 aliphatic carbocycles. The minimum absolute atomic E-state index is 0.490. The Morgan fingerprint density at radius 1 is 1.26 bits per heavy atom. The van der Waals surface area contributed by atoms with Crippen LogP contribution in [-0.4, -0.2) is 12.2 Å². The SMILES string of the molecule is COc1ccc(C(O)c2cc(Br)ccc2I)cc1Cl. The Hall–Kier alpha value is -0.300. The minimum atomic E-state index is -0.715. The Kier molecular flexibility index (Phi) is 5.11. The fraction of sp³-hybridized carbons (Fsp3) is 0.143. The van der Waals surface area contributed by atoms with Gasteiger partial charge in [0.1, 0.15) is 11.9 Å². The minimum Gasteiger partial charge on any atom is -0.495 e. The summed E-state index contributed by atoms with van der Waals surface area (Å²) < 4.78 is 7.04. The molecule has 0 aliphatic rings. The van der Waals surface area contributed by atoms with E-state index in [0.717, 1.165) is 19.2 Å². The third kappa shape index (κ3) is 3.42. The number of rotatable bonds is 3. The van der Waals surface area contributed by atoms with Crippen LogP contribution in [0.3, 0.4) is 0 Å². The predicted molar refractivity (Wildman–Crippen MR) is 88.9 cm³/mol. The highest BCUT2D eigenvalue weighted by molar-refractivity contribution is 14.1. The first-order valence-electron chi connectivity index (χ1n) is 5.49. The van der Waals surface area contributed by atoms with Crippen molar-refractivity contribution in [3.8, 4) is 5.75 Å². The first-order valence-corrected chi connectivity index (χ1v) is 7.74. The summed E-state index contributed by atoms with van der Waals surface area (Å²) in [7, 11) is 1.56. The summed E-state index contributed by atoms with van der Waals surface area (Å²) in [5.41, 5.74) is 1.58. The second-order valence-electron chi connectivity index (χ2n) is 3.96. The van der Waals surface area contributed by atoms with Gasteiger partial charge in [-0.2, -0.15) is 0 Å². The second-order valence-corrected chi connectivity index (χ2v) is 6.45. The molecule has 2 aromatic rings. The lowest BCUT2D eigenvalue weighted by Gasteiger charge is -2.15. The molecular formula is C14H11BrClIO2. The molecule has 0 saturated carbocycles. The maximum Gasteiger partial charge on any atom is 0.137 e. The number of methoxy groups -OCH3 is 1. The molecule has 1 atom stereocenters. The third-order valence-corrected chi connectivity index (χ3v) is 4.52. The van der Waals surface area contributed by atoms with Crippen molar-refractivity contribution in [2.45, 2.75) is 6.10 Å². The molecule has 2 aromatic carbocycles. The maximum atomic E-state index is 10.5. The van der Waals surface area contributed by atoms with Crippen molar-refractivity contribution in [2.24, 2.45) is 0 Å². The zero-order valence-corrected chi connectivity index (χ0v) is 14.5. The second kappa shape index (κ2) is 6.43. The van der Waals surface area contributed by atoms with Crippen LogP contribution in [0.5, 0.6) is 5.75 Å². The Labute approximate surface area is 139 Å². The Morgan fingerprint density at radius 2 is 2.00 bits per heavy atom. The van der Waals surface area contributed by atoms with Crippen LogP contribution in [0.2, 0.25) is 5.02 Å². The molecule has 100 valence electrons. The summed E-state index contributed by atoms with van der Waals surface area (Å²) in [6, 6.07) is 11.1. The number of ether oxygens (including phenoxy) is 1. The van der Waals surface area contributed by atoms with Gasteiger partial charge in [0.25, 0.3) is 0 Å². The number of hydrogen-bond acceptors (Lipinski definition) is 2. The van der Waals surface area contributed by atoms with E-state index in [1.165, 1.54) is 0 Å². The fourth-order valence-electron chi connectivity index (χ4n) is 1.76. The molecule has 1 unspecified atom stereocenters. The van der Waals surface area contributed by atoms with Gasteiger partial charge < -0.3 is 9.84 Å². The first-order chi connectivity index (χ1) is 9.02. The smallest absolute Gasteiger partial charge is 0.137 e. The highest BCUT2D eigenvalue weighted by Gasteiger charge is 2.15. The molecule has 0 bridgehead atoms. The Bertz CT molecular complexity index is 604. The third-order valence-electron chi connectivity index (χ3n) is 2.74. The van der Waals surface area contributed by atoms with E-state index >= 15 is 0 Å². The van der Waals surface area contributed by atoms with Gasteiger partial charge in [0.2, 0.25) is 0 Å². The van der Waals surface area contributed by atoms with E-state index in [9.17, 15) is 5.11 Å². The summed E-state index contributed by atoms with van der Waals surface area (Å²) in [5.74, 6) is 0.599. The molecule has 2 rings (SSSR count). The quantitative estimate of drug-likeness (QED) is 0.677. The van der Waals surface area contributed by atoms with Gasteiger partial charge in [-0.3, -0.25) is 0 Å². The van der Waals surface area contributed by atoms with Crippen LogP contribution in [0.1, 0.15) is 17.2 Å². The lowest BCUT2D eigenvalue weighted by molar-refractivity contribution is 0.219. The lowest BCUT2D eigenvalue weighted by Crippen LogP contribution is -2.02. The van der Waals surface area contributed by atoms with Gasteiger partial charge in [0, 0.05) is 8.04 Å². The normalized spacial score (nSPS) is 12.3. The summed E-state index contributed by atoms with van der Waals surface area (Å²) in [6.07, 6.45) is -0.715. The molecule has 0 heterocycles. The topological polar surface area (TPSA) is 29.5 Å². The predicted octanol–water partition coefficient (Wildman–Crippen LogP) is 4.80. The van der Waals surface area contributed by atoms with Gasteiger partial charge >= 0.3 is 0 Å². The van der Waals surface area contributed by atoms with Gasteiger partial charge in [0.15, 0.2) is 0 Å². The van der Waals surface area contributed by atoms with E-state index < -0.39 is 6.10 Å². The summed E-state index contributed by atoms with van der Waals surface area (Å²) in [5, 5.41) is 10.9. The zero-order valence-electron chi connectivity index (χ0n) is 10.0. The number of hydrogen-bond donors (Lipinski definition) is 1. The molecular weight excluding hydrogens is 442 g/mol. The molecule has 5 heteroatoms. The van der Waals surface area contributed by atoms with Gasteiger partial charge in [-0.1, -0.05) is 33.6 Å². The Balaban J connectivity index is 2.41. The molecule has 0 amide bonds. The lowest BCUT2D eigenvalue weighted by atomic mass is 10.0. The van der Waals surface area contributed by atoms with Crippen molar-refractivity contribution in [1.29, 1.82) is 0 Å². The van der Waals surface area contributed by atoms with Crippen molar-refractivity contribution in [3.63, 3.8) is 0 Å². The van der Waals surface area contributed by atoms with Crippen LogP contribution < -0.4 is 4.74 Å². The number of benzene rings is 2. The van der Waals surface area contributed by atoms with Crippen LogP contribution in [0.25, 0.3) is 0 Å². The average Bonchev–Trinajstić information content (AvgIpc) is 2.40. The molecule has 1 N–H and O–H groups in total. The van der Waals surface area contributed by atoms with Crippen LogP contribution in [-0.2, 0) is 0 Å². The van der Waals surface area contributed by atoms with E-state index in [1.54, 1.807) is 19.2 Å². The van der Waals surface area contributed by atoms with Gasteiger partial charge in [-0.25, -0.2) is 0 Å². The Morgan fingerprint density at radius 3 is 2.63 bits per heavy atom. The highest BCUT2D eigenvalue weighted by Crippen LogP contribution is 2.32. The van der Waals surface area contributed by atoms with E-state index in [0.29, 0.717) is 10.8 Å². The van der Waals surface area contributed by atoms with E-state index in [1.807, 2.05) is 24.3 Å². The van der Waals surface area contributed by atoms with Crippen molar-refractivity contribution >= 4 is 50.1 Å². The van der Waals surface area contributed by atoms with Crippen molar-refractivity contribution < 1.29 is 9.84 Å². The highest BCUT2D eigenvalue weighted by atomic mass is 127. The summed E-state index contributed by atoms with van der Waals surface area (Å²) >= 11 is 11.7. The molecule has 0 spiro atoms. The van der Waals surface area contributed by atoms with Crippen molar-refractivity contribution in [3.05, 3.63) is 60.6 Å². The van der Waals surface area contributed by atoms with Gasteiger partial charge in [-0.05, 0) is 64.0 Å². The molecule has 2 nitrogen and oxygen atoms in total. The maximum absolute atomic E-state index is 10.5. The van der Waals surface area contributed by atoms with E-state index in [4.69, 9.17) is 16.3 Å². The summed E-state index contributed by atoms with van der Waals surface area (Å²) in [4.78, 5) is 0. The molecule has 0 aliphatic heterocycles. The average molecular weight is 454 g/mol. The standard InChI is InChI=1S/C14H11BrClIO2/c1-19-13-5-2-8(6-11(13)16)14(18)10-7-9(15)3-4-12(10)17/h2-7,14,18H,1H3. The zero-order chi connectivity index (χ0) is 14.0. The first kappa shape index (κ1) is 15.1. The molecule has 0 aromatic heterocycles. The van der Waals surface area contributed by atoms with Crippen molar-refractivity contribution in [1.82, 2.24) is 0 Å². The van der Waals surface area contributed by atoms with Gasteiger partial charge in [0.05, 0.1) is 12.1 Å². The van der Waals surface area contributed by atoms with Gasteiger partial charge in [-0.15, -0.1) is 0 Å². The van der Waals surface area contributed by atoms with E-state index in [2.05, 4.69) is 38.5 Å². The number of aliphatic hydroxyl groups excluding tert-OH is 1. The van der Waals surface area contributed by atoms with Crippen LogP contribution >= 0.6 is 50.1 Å². The van der Waals surface area contributed by atoms with E-state index in [-0.39, 0.29) is 0 Å². The van der Waals surface area contributed by atoms with Crippen LogP contribution in [0.15, 0.2) is 40.9 Å². The van der Waals surface area contributed by atoms with Crippen LogP contribution in [0.4, 0.5) is 0 Å². The summed E-state index contributed by atoms with van der Waals surface area (Å²) in [6.45, 7) is 0. The number of aliphatic hydroxyl groups is 1. The molecule has 0 fully saturated rings. The monoisotopic (exact) mass is 452 g/mol. The molecule has 19 heavy (non-hydrogen) atoms.